The van der Waals surface area contributed by atoms with Crippen molar-refractivity contribution in [1.29, 1.82) is 0 Å². The van der Waals surface area contributed by atoms with Crippen LogP contribution in [0.15, 0.2) is 18.2 Å². The van der Waals surface area contributed by atoms with Gasteiger partial charge in [-0.1, -0.05) is 19.9 Å². The SMILES string of the molecule is CCCOc1ccc(C(O)C2CCOC2)cc1OCCC. The van der Waals surface area contributed by atoms with Gasteiger partial charge in [0.15, 0.2) is 11.5 Å². The van der Waals surface area contributed by atoms with Crippen LogP contribution in [0.1, 0.15) is 44.8 Å². The van der Waals surface area contributed by atoms with Crippen molar-refractivity contribution in [3.63, 3.8) is 0 Å². The van der Waals surface area contributed by atoms with Gasteiger partial charge in [0.2, 0.25) is 0 Å². The lowest BCUT2D eigenvalue weighted by Crippen LogP contribution is -2.13. The monoisotopic (exact) mass is 294 g/mol. The molecule has 4 heteroatoms. The van der Waals surface area contributed by atoms with Crippen molar-refractivity contribution >= 4 is 0 Å². The predicted molar refractivity (Wildman–Crippen MR) is 81.9 cm³/mol. The minimum Gasteiger partial charge on any atom is -0.490 e. The van der Waals surface area contributed by atoms with Crippen molar-refractivity contribution in [1.82, 2.24) is 0 Å². The highest BCUT2D eigenvalue weighted by Crippen LogP contribution is 2.35. The lowest BCUT2D eigenvalue weighted by molar-refractivity contribution is 0.0914. The molecular formula is C17H26O4. The number of ether oxygens (including phenoxy) is 3. The predicted octanol–water partition coefficient (Wildman–Crippen LogP) is 3.33. The smallest absolute Gasteiger partial charge is 0.161 e. The van der Waals surface area contributed by atoms with Gasteiger partial charge in [0.25, 0.3) is 0 Å². The molecular weight excluding hydrogens is 268 g/mol. The number of hydrogen-bond acceptors (Lipinski definition) is 4. The first-order chi connectivity index (χ1) is 10.3. The second kappa shape index (κ2) is 8.25. The molecule has 0 amide bonds. The van der Waals surface area contributed by atoms with E-state index in [0.29, 0.717) is 19.8 Å². The molecule has 118 valence electrons. The Morgan fingerprint density at radius 1 is 1.19 bits per heavy atom. The van der Waals surface area contributed by atoms with Gasteiger partial charge in [-0.3, -0.25) is 0 Å². The largest absolute Gasteiger partial charge is 0.490 e. The maximum atomic E-state index is 10.5. The van der Waals surface area contributed by atoms with Crippen LogP contribution in [-0.2, 0) is 4.74 Å². The van der Waals surface area contributed by atoms with Crippen LogP contribution >= 0.6 is 0 Å². The molecule has 0 bridgehead atoms. The van der Waals surface area contributed by atoms with E-state index in [-0.39, 0.29) is 5.92 Å². The zero-order valence-electron chi connectivity index (χ0n) is 13.0. The lowest BCUT2D eigenvalue weighted by atomic mass is 9.95. The van der Waals surface area contributed by atoms with E-state index in [2.05, 4.69) is 13.8 Å². The van der Waals surface area contributed by atoms with Crippen LogP contribution in [0.5, 0.6) is 11.5 Å². The Balaban J connectivity index is 2.14. The number of aliphatic hydroxyl groups excluding tert-OH is 1. The van der Waals surface area contributed by atoms with Crippen molar-refractivity contribution in [2.75, 3.05) is 26.4 Å². The van der Waals surface area contributed by atoms with Crippen LogP contribution in [0.3, 0.4) is 0 Å². The van der Waals surface area contributed by atoms with E-state index < -0.39 is 6.10 Å². The molecule has 1 heterocycles. The van der Waals surface area contributed by atoms with E-state index in [0.717, 1.165) is 42.9 Å². The van der Waals surface area contributed by atoms with Crippen LogP contribution in [0.4, 0.5) is 0 Å². The summed E-state index contributed by atoms with van der Waals surface area (Å²) in [5, 5.41) is 10.5. The second-order valence-corrected chi connectivity index (χ2v) is 5.47. The molecule has 1 N–H and O–H groups in total. The molecule has 0 aromatic heterocycles. The summed E-state index contributed by atoms with van der Waals surface area (Å²) < 4.78 is 16.8. The van der Waals surface area contributed by atoms with Crippen LogP contribution in [0.2, 0.25) is 0 Å². The minimum absolute atomic E-state index is 0.173. The molecule has 21 heavy (non-hydrogen) atoms. The third kappa shape index (κ3) is 4.35. The molecule has 2 atom stereocenters. The Kier molecular flexibility index (Phi) is 6.33. The molecule has 2 unspecified atom stereocenters. The Hall–Kier alpha value is -1.26. The van der Waals surface area contributed by atoms with E-state index in [4.69, 9.17) is 14.2 Å². The van der Waals surface area contributed by atoms with Gasteiger partial charge in [0, 0.05) is 12.5 Å². The molecule has 1 fully saturated rings. The van der Waals surface area contributed by atoms with Gasteiger partial charge >= 0.3 is 0 Å². The van der Waals surface area contributed by atoms with Crippen LogP contribution in [-0.4, -0.2) is 31.5 Å². The average Bonchev–Trinajstić information content (AvgIpc) is 3.04. The Bertz CT molecular complexity index is 427. The fourth-order valence-corrected chi connectivity index (χ4v) is 2.44. The molecule has 1 aromatic rings. The summed E-state index contributed by atoms with van der Waals surface area (Å²) in [6.45, 7) is 6.82. The molecule has 0 aliphatic carbocycles. The zero-order valence-corrected chi connectivity index (χ0v) is 13.0. The maximum absolute atomic E-state index is 10.5. The van der Waals surface area contributed by atoms with Gasteiger partial charge in [0.05, 0.1) is 25.9 Å². The van der Waals surface area contributed by atoms with Crippen LogP contribution in [0, 0.1) is 5.92 Å². The second-order valence-electron chi connectivity index (χ2n) is 5.47. The van der Waals surface area contributed by atoms with E-state index in [1.165, 1.54) is 0 Å². The van der Waals surface area contributed by atoms with E-state index in [1.54, 1.807) is 0 Å². The van der Waals surface area contributed by atoms with Crippen molar-refractivity contribution in [2.24, 2.45) is 5.92 Å². The van der Waals surface area contributed by atoms with Gasteiger partial charge in [-0.05, 0) is 37.0 Å². The molecule has 1 aliphatic heterocycles. The van der Waals surface area contributed by atoms with E-state index >= 15 is 0 Å². The fraction of sp³-hybridized carbons (Fsp3) is 0.647. The van der Waals surface area contributed by atoms with Crippen LogP contribution < -0.4 is 9.47 Å². The Labute approximate surface area is 127 Å². The first-order valence-corrected chi connectivity index (χ1v) is 7.91. The molecule has 4 nitrogen and oxygen atoms in total. The highest BCUT2D eigenvalue weighted by molar-refractivity contribution is 5.43. The molecule has 0 saturated carbocycles. The van der Waals surface area contributed by atoms with Crippen LogP contribution in [0.25, 0.3) is 0 Å². The van der Waals surface area contributed by atoms with Gasteiger partial charge in [-0.15, -0.1) is 0 Å². The zero-order chi connectivity index (χ0) is 15.1. The summed E-state index contributed by atoms with van der Waals surface area (Å²) in [6.07, 6.45) is 2.30. The van der Waals surface area contributed by atoms with Crippen molar-refractivity contribution in [3.05, 3.63) is 23.8 Å². The molecule has 1 saturated heterocycles. The van der Waals surface area contributed by atoms with Gasteiger partial charge in [0.1, 0.15) is 0 Å². The lowest BCUT2D eigenvalue weighted by Gasteiger charge is -2.19. The van der Waals surface area contributed by atoms with Gasteiger partial charge in [-0.25, -0.2) is 0 Å². The molecule has 0 spiro atoms. The van der Waals surface area contributed by atoms with E-state index in [9.17, 15) is 5.11 Å². The molecule has 2 rings (SSSR count). The minimum atomic E-state index is -0.503. The highest BCUT2D eigenvalue weighted by Gasteiger charge is 2.26. The summed E-state index contributed by atoms with van der Waals surface area (Å²) in [7, 11) is 0. The maximum Gasteiger partial charge on any atom is 0.161 e. The standard InChI is InChI=1S/C17H26O4/c1-3-8-20-15-6-5-13(11-16(15)21-9-4-2)17(18)14-7-10-19-12-14/h5-6,11,14,17-18H,3-4,7-10,12H2,1-2H3. The van der Waals surface area contributed by atoms with E-state index in [1.807, 2.05) is 18.2 Å². The average molecular weight is 294 g/mol. The number of aliphatic hydroxyl groups is 1. The number of rotatable bonds is 8. The molecule has 1 aliphatic rings. The molecule has 1 aromatic carbocycles. The number of benzene rings is 1. The normalized spacial score (nSPS) is 19.5. The summed E-state index contributed by atoms with van der Waals surface area (Å²) in [5.74, 6) is 1.65. The first kappa shape index (κ1) is 16.1. The fourth-order valence-electron chi connectivity index (χ4n) is 2.44. The van der Waals surface area contributed by atoms with Gasteiger partial charge in [-0.2, -0.15) is 0 Å². The first-order valence-electron chi connectivity index (χ1n) is 7.91. The topological polar surface area (TPSA) is 47.9 Å². The third-order valence-corrected chi connectivity index (χ3v) is 3.64. The summed E-state index contributed by atoms with van der Waals surface area (Å²) in [5.41, 5.74) is 0.875. The van der Waals surface area contributed by atoms with Gasteiger partial charge < -0.3 is 19.3 Å². The van der Waals surface area contributed by atoms with Crippen molar-refractivity contribution < 1.29 is 19.3 Å². The molecule has 0 radical (unpaired) electrons. The number of hydrogen-bond donors (Lipinski definition) is 1. The quantitative estimate of drug-likeness (QED) is 0.799. The third-order valence-electron chi connectivity index (χ3n) is 3.64. The summed E-state index contributed by atoms with van der Waals surface area (Å²) >= 11 is 0. The Morgan fingerprint density at radius 2 is 1.90 bits per heavy atom. The Morgan fingerprint density at radius 3 is 2.52 bits per heavy atom. The van der Waals surface area contributed by atoms with Crippen molar-refractivity contribution in [3.8, 4) is 11.5 Å². The summed E-state index contributed by atoms with van der Waals surface area (Å²) in [4.78, 5) is 0. The summed E-state index contributed by atoms with van der Waals surface area (Å²) in [6, 6.07) is 5.73. The van der Waals surface area contributed by atoms with Crippen molar-refractivity contribution in [2.45, 2.75) is 39.2 Å². The highest BCUT2D eigenvalue weighted by atomic mass is 16.5.